The monoisotopic (exact) mass is 336 g/mol. The van der Waals surface area contributed by atoms with E-state index >= 15 is 0 Å². The number of rotatable bonds is 8. The van der Waals surface area contributed by atoms with Gasteiger partial charge < -0.3 is 16.0 Å². The highest BCUT2D eigenvalue weighted by Crippen LogP contribution is 2.12. The number of pyridine rings is 1. The third kappa shape index (κ3) is 8.75. The van der Waals surface area contributed by atoms with Crippen LogP contribution in [0, 0.1) is 0 Å². The molecule has 0 radical (unpaired) electrons. The number of carbonyl (C=O) groups excluding carboxylic acids is 1. The van der Waals surface area contributed by atoms with Gasteiger partial charge in [-0.05, 0) is 38.9 Å². The minimum Gasteiger partial charge on any atom is -0.367 e. The van der Waals surface area contributed by atoms with Crippen LogP contribution in [0.15, 0.2) is 18.3 Å². The fourth-order valence-corrected chi connectivity index (χ4v) is 1.64. The second-order valence-electron chi connectivity index (χ2n) is 4.70. The van der Waals surface area contributed by atoms with Crippen LogP contribution in [0.5, 0.6) is 0 Å². The number of anilines is 1. The lowest BCUT2D eigenvalue weighted by atomic mass is 10.2. The summed E-state index contributed by atoms with van der Waals surface area (Å²) in [6.07, 6.45) is 2.78. The summed E-state index contributed by atoms with van der Waals surface area (Å²) in [4.78, 5) is 16.3. The van der Waals surface area contributed by atoms with Gasteiger partial charge in [-0.25, -0.2) is 4.98 Å². The molecule has 7 heteroatoms. The van der Waals surface area contributed by atoms with Gasteiger partial charge >= 0.3 is 0 Å². The Morgan fingerprint density at radius 1 is 1.24 bits per heavy atom. The Labute approximate surface area is 139 Å². The lowest BCUT2D eigenvalue weighted by molar-refractivity contribution is 0.0954. The van der Waals surface area contributed by atoms with Gasteiger partial charge in [0.1, 0.15) is 5.82 Å². The van der Waals surface area contributed by atoms with Crippen molar-refractivity contribution >= 4 is 36.5 Å². The van der Waals surface area contributed by atoms with Crippen molar-refractivity contribution in [3.63, 3.8) is 0 Å². The fourth-order valence-electron chi connectivity index (χ4n) is 1.64. The van der Waals surface area contributed by atoms with Crippen molar-refractivity contribution in [3.8, 4) is 0 Å². The van der Waals surface area contributed by atoms with E-state index in [2.05, 4.69) is 27.9 Å². The molecule has 0 aliphatic heterocycles. The molecule has 0 aromatic carbocycles. The first kappa shape index (κ1) is 22.2. The Morgan fingerprint density at radius 2 is 1.95 bits per heavy atom. The van der Waals surface area contributed by atoms with Gasteiger partial charge in [0, 0.05) is 25.3 Å². The lowest BCUT2D eigenvalue weighted by Gasteiger charge is -2.13. The smallest absolute Gasteiger partial charge is 0.255 e. The largest absolute Gasteiger partial charge is 0.367 e. The molecule has 0 bridgehead atoms. The summed E-state index contributed by atoms with van der Waals surface area (Å²) in [6.45, 7) is 8.53. The van der Waals surface area contributed by atoms with E-state index in [4.69, 9.17) is 0 Å². The number of aromatic nitrogens is 1. The van der Waals surface area contributed by atoms with E-state index in [1.807, 2.05) is 13.8 Å². The number of amides is 1. The maximum absolute atomic E-state index is 12.1. The second-order valence-corrected chi connectivity index (χ2v) is 4.70. The van der Waals surface area contributed by atoms with Gasteiger partial charge in [-0.2, -0.15) is 0 Å². The van der Waals surface area contributed by atoms with Crippen LogP contribution >= 0.6 is 24.8 Å². The van der Waals surface area contributed by atoms with E-state index in [1.165, 1.54) is 0 Å². The Balaban J connectivity index is 0. The molecule has 0 saturated heterocycles. The molecule has 0 saturated carbocycles. The molecule has 5 nitrogen and oxygen atoms in total. The van der Waals surface area contributed by atoms with Gasteiger partial charge in [0.05, 0.1) is 5.56 Å². The standard InChI is InChI=1S/C14H24N4O.2ClH/c1-4-7-15-9-10-17-14(19)12-6-5-8-16-13(12)18-11(2)3;;/h5-6,8,11,15H,4,7,9-10H2,1-3H3,(H,16,18)(H,17,19);2*1H. The van der Waals surface area contributed by atoms with Crippen LogP contribution < -0.4 is 16.0 Å². The van der Waals surface area contributed by atoms with Crippen LogP contribution in [0.1, 0.15) is 37.6 Å². The number of carbonyl (C=O) groups is 1. The Morgan fingerprint density at radius 3 is 2.57 bits per heavy atom. The first-order valence-electron chi connectivity index (χ1n) is 6.85. The summed E-state index contributed by atoms with van der Waals surface area (Å²) in [5, 5.41) is 9.31. The Hall–Kier alpha value is -1.04. The predicted molar refractivity (Wildman–Crippen MR) is 93.0 cm³/mol. The average molecular weight is 337 g/mol. The number of nitrogens with zero attached hydrogens (tertiary/aromatic N) is 1. The summed E-state index contributed by atoms with van der Waals surface area (Å²) in [7, 11) is 0. The molecule has 0 aliphatic rings. The zero-order valence-electron chi connectivity index (χ0n) is 12.8. The minimum atomic E-state index is -0.0884. The topological polar surface area (TPSA) is 66.0 Å². The van der Waals surface area contributed by atoms with Crippen molar-refractivity contribution in [2.45, 2.75) is 33.2 Å². The van der Waals surface area contributed by atoms with Crippen LogP contribution in [0.2, 0.25) is 0 Å². The summed E-state index contributed by atoms with van der Waals surface area (Å²) >= 11 is 0. The zero-order valence-corrected chi connectivity index (χ0v) is 14.4. The molecule has 1 rings (SSSR count). The lowest BCUT2D eigenvalue weighted by Crippen LogP contribution is -2.32. The highest BCUT2D eigenvalue weighted by atomic mass is 35.5. The van der Waals surface area contributed by atoms with E-state index in [9.17, 15) is 4.79 Å². The molecule has 1 amide bonds. The van der Waals surface area contributed by atoms with Crippen LogP contribution in [-0.4, -0.2) is 36.6 Å². The average Bonchev–Trinajstić information content (AvgIpc) is 2.38. The maximum atomic E-state index is 12.1. The van der Waals surface area contributed by atoms with Crippen molar-refractivity contribution in [1.82, 2.24) is 15.6 Å². The molecule has 3 N–H and O–H groups in total. The number of nitrogens with one attached hydrogen (secondary N) is 3. The van der Waals surface area contributed by atoms with Gasteiger partial charge in [-0.15, -0.1) is 24.8 Å². The van der Waals surface area contributed by atoms with E-state index in [1.54, 1.807) is 18.3 Å². The zero-order chi connectivity index (χ0) is 14.1. The number of halogens is 2. The van der Waals surface area contributed by atoms with Crippen molar-refractivity contribution in [2.75, 3.05) is 25.0 Å². The highest BCUT2D eigenvalue weighted by Gasteiger charge is 2.11. The van der Waals surface area contributed by atoms with E-state index in [0.29, 0.717) is 17.9 Å². The second kappa shape index (κ2) is 12.7. The van der Waals surface area contributed by atoms with E-state index in [0.717, 1.165) is 19.5 Å². The molecule has 0 unspecified atom stereocenters. The van der Waals surface area contributed by atoms with Gasteiger partial charge in [0.25, 0.3) is 5.91 Å². The Kier molecular flexibility index (Phi) is 13.4. The molecule has 0 aliphatic carbocycles. The third-order valence-corrected chi connectivity index (χ3v) is 2.49. The molecule has 1 aromatic rings. The molecule has 21 heavy (non-hydrogen) atoms. The van der Waals surface area contributed by atoms with Crippen molar-refractivity contribution in [1.29, 1.82) is 0 Å². The highest BCUT2D eigenvalue weighted by molar-refractivity contribution is 5.98. The van der Waals surface area contributed by atoms with Gasteiger partial charge in [-0.3, -0.25) is 4.79 Å². The normalized spacial score (nSPS) is 9.52. The predicted octanol–water partition coefficient (Wildman–Crippen LogP) is 2.47. The molecule has 0 spiro atoms. The quantitative estimate of drug-likeness (QED) is 0.638. The summed E-state index contributed by atoms with van der Waals surface area (Å²) < 4.78 is 0. The van der Waals surface area contributed by atoms with Crippen molar-refractivity contribution in [3.05, 3.63) is 23.9 Å². The third-order valence-electron chi connectivity index (χ3n) is 2.49. The first-order chi connectivity index (χ1) is 9.15. The van der Waals surface area contributed by atoms with Gasteiger partial charge in [-0.1, -0.05) is 6.92 Å². The molecule has 1 aromatic heterocycles. The molecular formula is C14H26Cl2N4O. The van der Waals surface area contributed by atoms with Crippen molar-refractivity contribution in [2.24, 2.45) is 0 Å². The Bertz CT molecular complexity index is 402. The fraction of sp³-hybridized carbons (Fsp3) is 0.571. The van der Waals surface area contributed by atoms with Crippen LogP contribution in [-0.2, 0) is 0 Å². The number of hydrogen-bond acceptors (Lipinski definition) is 4. The van der Waals surface area contributed by atoms with Crippen LogP contribution in [0.4, 0.5) is 5.82 Å². The molecule has 1 heterocycles. The van der Waals surface area contributed by atoms with Crippen LogP contribution in [0.3, 0.4) is 0 Å². The van der Waals surface area contributed by atoms with Gasteiger partial charge in [0.15, 0.2) is 0 Å². The molecule has 0 fully saturated rings. The van der Waals surface area contributed by atoms with Crippen LogP contribution in [0.25, 0.3) is 0 Å². The molecule has 122 valence electrons. The first-order valence-corrected chi connectivity index (χ1v) is 6.85. The SMILES string of the molecule is CCCNCCNC(=O)c1cccnc1NC(C)C.Cl.Cl. The maximum Gasteiger partial charge on any atom is 0.255 e. The molecule has 0 atom stereocenters. The minimum absolute atomic E-state index is 0. The van der Waals surface area contributed by atoms with Crippen molar-refractivity contribution < 1.29 is 4.79 Å². The van der Waals surface area contributed by atoms with E-state index < -0.39 is 0 Å². The summed E-state index contributed by atoms with van der Waals surface area (Å²) in [5.74, 6) is 0.547. The van der Waals surface area contributed by atoms with E-state index in [-0.39, 0.29) is 36.8 Å². The molecular weight excluding hydrogens is 311 g/mol. The van der Waals surface area contributed by atoms with Gasteiger partial charge in [0.2, 0.25) is 0 Å². The summed E-state index contributed by atoms with van der Waals surface area (Å²) in [6, 6.07) is 3.80. The number of hydrogen-bond donors (Lipinski definition) is 3. The summed E-state index contributed by atoms with van der Waals surface area (Å²) in [5.41, 5.74) is 0.590.